The van der Waals surface area contributed by atoms with E-state index in [0.29, 0.717) is 17.3 Å². The number of aromatic nitrogens is 1. The summed E-state index contributed by atoms with van der Waals surface area (Å²) in [5.41, 5.74) is 4.56. The number of anilines is 1. The first-order chi connectivity index (χ1) is 16.4. The van der Waals surface area contributed by atoms with Crippen molar-refractivity contribution in [2.45, 2.75) is 13.5 Å². The highest BCUT2D eigenvalue weighted by atomic mass is 35.5. The quantitative estimate of drug-likeness (QED) is 0.236. The van der Waals surface area contributed by atoms with E-state index in [0.717, 1.165) is 22.0 Å². The van der Waals surface area contributed by atoms with Gasteiger partial charge in [-0.2, -0.15) is 0 Å². The Kier molecular flexibility index (Phi) is 5.77. The molecule has 1 saturated heterocycles. The molecule has 0 aliphatic carbocycles. The van der Waals surface area contributed by atoms with Gasteiger partial charge in [-0.05, 0) is 49.0 Å². The van der Waals surface area contributed by atoms with Crippen LogP contribution in [0.4, 0.5) is 5.69 Å². The van der Waals surface area contributed by atoms with Crippen LogP contribution in [0.25, 0.3) is 17.0 Å². The Morgan fingerprint density at radius 2 is 1.68 bits per heavy atom. The van der Waals surface area contributed by atoms with Crippen molar-refractivity contribution in [1.29, 1.82) is 0 Å². The molecule has 0 bridgehead atoms. The van der Waals surface area contributed by atoms with Crippen LogP contribution in [0.5, 0.6) is 0 Å². The number of fused-ring (bicyclic) bond motifs is 1. The summed E-state index contributed by atoms with van der Waals surface area (Å²) in [7, 11) is 0. The standard InChI is InChI=1S/C27H20ClN3O2S/c1-17-10-12-18(13-11-17)15-30-16-19(20-6-2-4-8-23(20)30)14-21-25(32)29-27(34)31(26(21)33)24-9-5-3-7-22(24)28/h2-14,16H,15H2,1H3,(H,29,32,34)/b21-14+. The van der Waals surface area contributed by atoms with Crippen LogP contribution in [0.1, 0.15) is 16.7 Å². The van der Waals surface area contributed by atoms with Crippen LogP contribution in [-0.4, -0.2) is 21.5 Å². The number of hydrogen-bond acceptors (Lipinski definition) is 3. The van der Waals surface area contributed by atoms with Gasteiger partial charge in [0.2, 0.25) is 0 Å². The second kappa shape index (κ2) is 8.89. The molecule has 7 heteroatoms. The zero-order chi connectivity index (χ0) is 23.8. The Morgan fingerprint density at radius 1 is 0.971 bits per heavy atom. The van der Waals surface area contributed by atoms with E-state index in [-0.39, 0.29) is 10.7 Å². The average Bonchev–Trinajstić information content (AvgIpc) is 3.16. The Hall–Kier alpha value is -3.74. The number of carbonyl (C=O) groups is 2. The molecule has 3 aromatic carbocycles. The maximum atomic E-state index is 13.4. The summed E-state index contributed by atoms with van der Waals surface area (Å²) in [5, 5.41) is 3.93. The zero-order valence-electron chi connectivity index (χ0n) is 18.3. The highest BCUT2D eigenvalue weighted by molar-refractivity contribution is 7.80. The maximum absolute atomic E-state index is 13.4. The van der Waals surface area contributed by atoms with Crippen molar-refractivity contribution in [2.75, 3.05) is 4.90 Å². The topological polar surface area (TPSA) is 54.3 Å². The molecule has 0 atom stereocenters. The summed E-state index contributed by atoms with van der Waals surface area (Å²) in [6.07, 6.45) is 3.59. The van der Waals surface area contributed by atoms with E-state index in [2.05, 4.69) is 41.1 Å². The number of nitrogens with zero attached hydrogens (tertiary/aromatic N) is 2. The fourth-order valence-corrected chi connectivity index (χ4v) is 4.57. The minimum absolute atomic E-state index is 0.00190. The number of amides is 2. The molecule has 1 aliphatic heterocycles. The number of rotatable bonds is 4. The molecular weight excluding hydrogens is 466 g/mol. The number of thiocarbonyl (C=S) groups is 1. The van der Waals surface area contributed by atoms with E-state index in [4.69, 9.17) is 23.8 Å². The van der Waals surface area contributed by atoms with Crippen molar-refractivity contribution in [3.05, 3.63) is 106 Å². The fraction of sp³-hybridized carbons (Fsp3) is 0.0741. The first kappa shape index (κ1) is 22.1. The molecule has 34 heavy (non-hydrogen) atoms. The van der Waals surface area contributed by atoms with Gasteiger partial charge in [0, 0.05) is 29.2 Å². The van der Waals surface area contributed by atoms with Gasteiger partial charge in [0.25, 0.3) is 11.8 Å². The largest absolute Gasteiger partial charge is 0.342 e. The molecule has 2 amide bonds. The number of benzene rings is 3. The van der Waals surface area contributed by atoms with Crippen molar-refractivity contribution in [1.82, 2.24) is 9.88 Å². The number of hydrogen-bond donors (Lipinski definition) is 1. The van der Waals surface area contributed by atoms with Crippen molar-refractivity contribution < 1.29 is 9.59 Å². The molecule has 5 rings (SSSR count). The van der Waals surface area contributed by atoms with Gasteiger partial charge in [0.15, 0.2) is 5.11 Å². The predicted octanol–water partition coefficient (Wildman–Crippen LogP) is 5.48. The van der Waals surface area contributed by atoms with E-state index < -0.39 is 11.8 Å². The monoisotopic (exact) mass is 485 g/mol. The summed E-state index contributed by atoms with van der Waals surface area (Å²) in [5.74, 6) is -1.05. The van der Waals surface area contributed by atoms with E-state index in [9.17, 15) is 9.59 Å². The third kappa shape index (κ3) is 4.02. The normalized spacial score (nSPS) is 15.3. The summed E-state index contributed by atoms with van der Waals surface area (Å²) in [6.45, 7) is 2.73. The van der Waals surface area contributed by atoms with Crippen LogP contribution in [0.2, 0.25) is 5.02 Å². The second-order valence-corrected chi connectivity index (χ2v) is 8.92. The summed E-state index contributed by atoms with van der Waals surface area (Å²) in [6, 6.07) is 23.2. The van der Waals surface area contributed by atoms with Crippen molar-refractivity contribution in [2.24, 2.45) is 0 Å². The van der Waals surface area contributed by atoms with Crippen LogP contribution in [0.3, 0.4) is 0 Å². The number of halogens is 1. The predicted molar refractivity (Wildman–Crippen MR) is 140 cm³/mol. The molecule has 0 saturated carbocycles. The smallest absolute Gasteiger partial charge is 0.270 e. The van der Waals surface area contributed by atoms with Crippen LogP contribution in [-0.2, 0) is 16.1 Å². The lowest BCUT2D eigenvalue weighted by Crippen LogP contribution is -2.54. The van der Waals surface area contributed by atoms with Crippen molar-refractivity contribution in [3.8, 4) is 0 Å². The van der Waals surface area contributed by atoms with Crippen LogP contribution in [0, 0.1) is 6.92 Å². The van der Waals surface area contributed by atoms with E-state index >= 15 is 0 Å². The van der Waals surface area contributed by atoms with Gasteiger partial charge >= 0.3 is 0 Å². The van der Waals surface area contributed by atoms with Gasteiger partial charge in [0.05, 0.1) is 10.7 Å². The van der Waals surface area contributed by atoms with E-state index in [1.807, 2.05) is 30.5 Å². The average molecular weight is 486 g/mol. The first-order valence-electron chi connectivity index (χ1n) is 10.7. The summed E-state index contributed by atoms with van der Waals surface area (Å²) in [4.78, 5) is 27.5. The van der Waals surface area contributed by atoms with Crippen molar-refractivity contribution in [3.63, 3.8) is 0 Å². The molecule has 168 valence electrons. The Morgan fingerprint density at radius 3 is 2.44 bits per heavy atom. The third-order valence-corrected chi connectivity index (χ3v) is 6.39. The molecule has 1 aliphatic rings. The van der Waals surface area contributed by atoms with Gasteiger partial charge in [-0.25, -0.2) is 0 Å². The number of aryl methyl sites for hydroxylation is 1. The molecule has 2 heterocycles. The molecule has 1 aromatic heterocycles. The third-order valence-electron chi connectivity index (χ3n) is 5.79. The first-order valence-corrected chi connectivity index (χ1v) is 11.5. The minimum Gasteiger partial charge on any atom is -0.342 e. The Balaban J connectivity index is 1.57. The minimum atomic E-state index is -0.534. The van der Waals surface area contributed by atoms with Crippen LogP contribution < -0.4 is 10.2 Å². The number of para-hydroxylation sites is 2. The molecule has 4 aromatic rings. The highest BCUT2D eigenvalue weighted by Crippen LogP contribution is 2.30. The van der Waals surface area contributed by atoms with Gasteiger partial charge in [-0.15, -0.1) is 0 Å². The van der Waals surface area contributed by atoms with Gasteiger partial charge in [-0.1, -0.05) is 71.8 Å². The van der Waals surface area contributed by atoms with Gasteiger partial charge in [-0.3, -0.25) is 19.8 Å². The fourth-order valence-electron chi connectivity index (χ4n) is 4.08. The lowest BCUT2D eigenvalue weighted by molar-refractivity contribution is -0.122. The molecule has 5 nitrogen and oxygen atoms in total. The van der Waals surface area contributed by atoms with Crippen LogP contribution >= 0.6 is 23.8 Å². The second-order valence-electron chi connectivity index (χ2n) is 8.12. The van der Waals surface area contributed by atoms with Gasteiger partial charge in [0.1, 0.15) is 5.57 Å². The maximum Gasteiger partial charge on any atom is 0.270 e. The van der Waals surface area contributed by atoms with E-state index in [1.165, 1.54) is 10.5 Å². The Labute approximate surface area is 207 Å². The zero-order valence-corrected chi connectivity index (χ0v) is 19.9. The molecule has 0 spiro atoms. The molecule has 1 N–H and O–H groups in total. The van der Waals surface area contributed by atoms with Crippen LogP contribution in [0.15, 0.2) is 84.6 Å². The van der Waals surface area contributed by atoms with Crippen molar-refractivity contribution >= 4 is 63.4 Å². The highest BCUT2D eigenvalue weighted by Gasteiger charge is 2.35. The Bertz CT molecular complexity index is 1490. The molecular formula is C27H20ClN3O2S. The SMILES string of the molecule is Cc1ccc(Cn2cc(/C=C3\C(=O)NC(=S)N(c4ccccc4Cl)C3=O)c3ccccc32)cc1. The van der Waals surface area contributed by atoms with E-state index in [1.54, 1.807) is 30.3 Å². The summed E-state index contributed by atoms with van der Waals surface area (Å²) < 4.78 is 2.12. The number of carbonyl (C=O) groups excluding carboxylic acids is 2. The lowest BCUT2D eigenvalue weighted by Gasteiger charge is -2.29. The lowest BCUT2D eigenvalue weighted by atomic mass is 10.1. The number of nitrogens with one attached hydrogen (secondary N) is 1. The summed E-state index contributed by atoms with van der Waals surface area (Å²) >= 11 is 11.6. The van der Waals surface area contributed by atoms with Gasteiger partial charge < -0.3 is 4.57 Å². The molecule has 0 radical (unpaired) electrons. The molecule has 1 fully saturated rings. The molecule has 0 unspecified atom stereocenters.